The molecule has 0 saturated carbocycles. The van der Waals surface area contributed by atoms with Gasteiger partial charge >= 0.3 is 5.97 Å². The van der Waals surface area contributed by atoms with E-state index in [1.54, 1.807) is 0 Å². The van der Waals surface area contributed by atoms with Crippen molar-refractivity contribution in [3.63, 3.8) is 0 Å². The highest BCUT2D eigenvalue weighted by atomic mass is 17.0. The van der Waals surface area contributed by atoms with Crippen LogP contribution in [0.3, 0.4) is 0 Å². The summed E-state index contributed by atoms with van der Waals surface area (Å²) in [5.74, 6) is -0.213. The first-order valence-electron chi connectivity index (χ1n) is 7.53. The fourth-order valence-corrected chi connectivity index (χ4v) is 1.73. The molecule has 0 radical (unpaired) electrons. The van der Waals surface area contributed by atoms with Crippen molar-refractivity contribution in [2.75, 3.05) is 20.2 Å². The van der Waals surface area contributed by atoms with Crippen molar-refractivity contribution in [3.05, 3.63) is 10.1 Å². The molecule has 1 unspecified atom stereocenters. The summed E-state index contributed by atoms with van der Waals surface area (Å²) < 4.78 is 5.14. The minimum atomic E-state index is -0.756. The Morgan fingerprint density at radius 1 is 1.33 bits per heavy atom. The Bertz CT molecular complexity index is 310. The van der Waals surface area contributed by atoms with E-state index in [9.17, 15) is 14.9 Å². The third kappa shape index (κ3) is 11.0. The summed E-state index contributed by atoms with van der Waals surface area (Å²) in [4.78, 5) is 28.4. The van der Waals surface area contributed by atoms with Crippen molar-refractivity contribution < 1.29 is 19.5 Å². The average Bonchev–Trinajstić information content (AvgIpc) is 2.41. The van der Waals surface area contributed by atoms with Gasteiger partial charge in [-0.15, -0.1) is 10.1 Å². The maximum absolute atomic E-state index is 11.5. The molecule has 0 N–H and O–H groups in total. The zero-order valence-corrected chi connectivity index (χ0v) is 13.5. The van der Waals surface area contributed by atoms with Gasteiger partial charge in [-0.3, -0.25) is 4.79 Å². The van der Waals surface area contributed by atoms with Crippen LogP contribution in [-0.2, 0) is 14.4 Å². The Labute approximate surface area is 126 Å². The number of carbonyl (C=O) groups is 1. The Morgan fingerprint density at radius 2 is 2.00 bits per heavy atom. The molecule has 0 aromatic heterocycles. The maximum Gasteiger partial charge on any atom is 0.305 e. The second-order valence-electron chi connectivity index (χ2n) is 5.40. The van der Waals surface area contributed by atoms with Crippen LogP contribution in [0, 0.1) is 10.1 Å². The Balaban J connectivity index is 3.63. The minimum Gasteiger partial charge on any atom is -0.464 e. The number of esters is 1. The van der Waals surface area contributed by atoms with Crippen molar-refractivity contribution in [1.29, 1.82) is 0 Å². The molecule has 0 aliphatic carbocycles. The van der Waals surface area contributed by atoms with E-state index >= 15 is 0 Å². The van der Waals surface area contributed by atoms with Gasteiger partial charge in [0.15, 0.2) is 0 Å². The van der Waals surface area contributed by atoms with Gasteiger partial charge in [-0.2, -0.15) is 0 Å². The normalized spacial score (nSPS) is 12.5. The van der Waals surface area contributed by atoms with Gasteiger partial charge in [-0.05, 0) is 40.2 Å². The fraction of sp³-hybridized carbons (Fsp3) is 0.929. The van der Waals surface area contributed by atoms with Crippen LogP contribution in [0.25, 0.3) is 0 Å². The van der Waals surface area contributed by atoms with Crippen LogP contribution in [-0.4, -0.2) is 48.3 Å². The summed E-state index contributed by atoms with van der Waals surface area (Å²) in [5, 5.41) is 9.48. The fourth-order valence-electron chi connectivity index (χ4n) is 1.73. The summed E-state index contributed by atoms with van der Waals surface area (Å²) in [6.45, 7) is 7.12. The van der Waals surface area contributed by atoms with E-state index < -0.39 is 5.09 Å². The van der Waals surface area contributed by atoms with Crippen molar-refractivity contribution in [2.45, 2.75) is 65.0 Å². The Kier molecular flexibility index (Phi) is 10.6. The summed E-state index contributed by atoms with van der Waals surface area (Å²) in [6, 6.07) is 0.427. The summed E-state index contributed by atoms with van der Waals surface area (Å²) in [6.07, 6.45) is 2.52. The number of ether oxygens (including phenoxy) is 1. The monoisotopic (exact) mass is 304 g/mol. The molecule has 0 spiro atoms. The van der Waals surface area contributed by atoms with E-state index in [0.29, 0.717) is 44.8 Å². The van der Waals surface area contributed by atoms with E-state index in [1.807, 2.05) is 14.0 Å². The molecule has 0 fully saturated rings. The van der Waals surface area contributed by atoms with E-state index in [1.165, 1.54) is 0 Å². The Morgan fingerprint density at radius 3 is 2.52 bits per heavy atom. The van der Waals surface area contributed by atoms with Gasteiger partial charge in [0.25, 0.3) is 5.09 Å². The topological polar surface area (TPSA) is 81.9 Å². The van der Waals surface area contributed by atoms with Crippen LogP contribution in [0.2, 0.25) is 0 Å². The van der Waals surface area contributed by atoms with Gasteiger partial charge in [0, 0.05) is 19.0 Å². The Hall–Kier alpha value is -1.37. The van der Waals surface area contributed by atoms with Gasteiger partial charge < -0.3 is 14.5 Å². The van der Waals surface area contributed by atoms with Crippen LogP contribution >= 0.6 is 0 Å². The number of rotatable bonds is 12. The third-order valence-corrected chi connectivity index (χ3v) is 3.44. The van der Waals surface area contributed by atoms with Crippen molar-refractivity contribution >= 4 is 5.97 Å². The maximum atomic E-state index is 11.5. The molecule has 0 aliphatic rings. The molecule has 0 aromatic carbocycles. The predicted octanol–water partition coefficient (Wildman–Crippen LogP) is 2.42. The number of nitrogens with zero attached hydrogens (tertiary/aromatic N) is 2. The molecule has 0 aliphatic heterocycles. The van der Waals surface area contributed by atoms with Gasteiger partial charge in [-0.25, -0.2) is 0 Å². The molecular weight excluding hydrogens is 276 g/mol. The lowest BCUT2D eigenvalue weighted by molar-refractivity contribution is -0.768. The second kappa shape index (κ2) is 11.3. The second-order valence-corrected chi connectivity index (χ2v) is 5.40. The van der Waals surface area contributed by atoms with E-state index in [4.69, 9.17) is 4.74 Å². The van der Waals surface area contributed by atoms with Crippen molar-refractivity contribution in [3.8, 4) is 0 Å². The van der Waals surface area contributed by atoms with Crippen LogP contribution in [0.4, 0.5) is 0 Å². The first kappa shape index (κ1) is 19.6. The third-order valence-electron chi connectivity index (χ3n) is 3.44. The molecule has 0 amide bonds. The average molecular weight is 304 g/mol. The lowest BCUT2D eigenvalue weighted by Gasteiger charge is -2.20. The van der Waals surface area contributed by atoms with Gasteiger partial charge in [0.1, 0.15) is 12.7 Å². The molecular formula is C14H28N2O5. The molecule has 0 rings (SSSR count). The van der Waals surface area contributed by atoms with Crippen LogP contribution in [0.15, 0.2) is 0 Å². The smallest absolute Gasteiger partial charge is 0.305 e. The quantitative estimate of drug-likeness (QED) is 0.238. The molecule has 7 nitrogen and oxygen atoms in total. The van der Waals surface area contributed by atoms with Gasteiger partial charge in [0.2, 0.25) is 0 Å². The van der Waals surface area contributed by atoms with E-state index in [2.05, 4.69) is 23.6 Å². The molecule has 21 heavy (non-hydrogen) atoms. The lowest BCUT2D eigenvalue weighted by Crippen LogP contribution is -2.30. The van der Waals surface area contributed by atoms with E-state index in [-0.39, 0.29) is 12.1 Å². The van der Waals surface area contributed by atoms with Crippen LogP contribution in [0.1, 0.15) is 52.9 Å². The SMILES string of the molecule is CCC(CCCCC(=O)OCCN(C)C(C)C)O[N+](=O)[O-]. The summed E-state index contributed by atoms with van der Waals surface area (Å²) >= 11 is 0. The zero-order chi connectivity index (χ0) is 16.3. The van der Waals surface area contributed by atoms with Gasteiger partial charge in [-0.1, -0.05) is 13.3 Å². The largest absolute Gasteiger partial charge is 0.464 e. The minimum absolute atomic E-state index is 0.213. The molecule has 0 heterocycles. The number of hydrogen-bond acceptors (Lipinski definition) is 6. The highest BCUT2D eigenvalue weighted by Crippen LogP contribution is 2.10. The standard InChI is InChI=1S/C14H28N2O5/c1-5-13(21-16(18)19)8-6-7-9-14(17)20-11-10-15(4)12(2)3/h12-13H,5-11H2,1-4H3. The first-order valence-corrected chi connectivity index (χ1v) is 7.53. The van der Waals surface area contributed by atoms with Gasteiger partial charge in [0.05, 0.1) is 0 Å². The molecule has 7 heteroatoms. The lowest BCUT2D eigenvalue weighted by atomic mass is 10.1. The van der Waals surface area contributed by atoms with Crippen LogP contribution in [0.5, 0.6) is 0 Å². The zero-order valence-electron chi connectivity index (χ0n) is 13.5. The number of likely N-dealkylation sites (N-methyl/N-ethyl adjacent to an activating group) is 1. The molecule has 0 aromatic rings. The molecule has 1 atom stereocenters. The summed E-state index contributed by atoms with van der Waals surface area (Å²) in [7, 11) is 1.98. The van der Waals surface area contributed by atoms with Crippen molar-refractivity contribution in [1.82, 2.24) is 4.90 Å². The number of carbonyl (C=O) groups excluding carboxylic acids is 1. The number of unbranched alkanes of at least 4 members (excludes halogenated alkanes) is 1. The highest BCUT2D eigenvalue weighted by molar-refractivity contribution is 5.69. The first-order chi connectivity index (χ1) is 9.86. The predicted molar refractivity (Wildman–Crippen MR) is 79.4 cm³/mol. The number of hydrogen-bond donors (Lipinski definition) is 0. The molecule has 124 valence electrons. The van der Waals surface area contributed by atoms with Crippen LogP contribution < -0.4 is 0 Å². The molecule has 0 bridgehead atoms. The summed E-state index contributed by atoms with van der Waals surface area (Å²) in [5.41, 5.74) is 0. The van der Waals surface area contributed by atoms with Crippen molar-refractivity contribution in [2.24, 2.45) is 0 Å². The highest BCUT2D eigenvalue weighted by Gasteiger charge is 2.11. The van der Waals surface area contributed by atoms with E-state index in [0.717, 1.165) is 6.54 Å². The molecule has 0 saturated heterocycles.